The van der Waals surface area contributed by atoms with Crippen molar-refractivity contribution in [3.8, 4) is 0 Å². The maximum absolute atomic E-state index is 12.7. The summed E-state index contributed by atoms with van der Waals surface area (Å²) in [4.78, 5) is 35.1. The number of carbonyl (C=O) groups excluding carboxylic acids is 2. The molecule has 33 heavy (non-hydrogen) atoms. The number of carbonyl (C=O) groups is 2. The summed E-state index contributed by atoms with van der Waals surface area (Å²) in [5.41, 5.74) is 3.57. The lowest BCUT2D eigenvalue weighted by Gasteiger charge is -2.38. The molecule has 0 aromatic carbocycles. The van der Waals surface area contributed by atoms with Gasteiger partial charge >= 0.3 is 0 Å². The highest BCUT2D eigenvalue weighted by Crippen LogP contribution is 2.30. The summed E-state index contributed by atoms with van der Waals surface area (Å²) in [5.74, 6) is 0.455. The molecule has 0 aliphatic carbocycles. The van der Waals surface area contributed by atoms with Crippen LogP contribution in [0.5, 0.6) is 0 Å². The maximum Gasteiger partial charge on any atom is 0.269 e. The fourth-order valence-corrected chi connectivity index (χ4v) is 4.36. The molecule has 3 aromatic rings. The SMILES string of the molecule is C=CC(=O)N1CC(NC(=O)c2cnc(CCc3[nH]nc4cc(Cl)c(C(C)(C)C)nc34)n2C)C1. The Morgan fingerprint density at radius 1 is 1.33 bits per heavy atom. The van der Waals surface area contributed by atoms with Crippen LogP contribution < -0.4 is 5.32 Å². The van der Waals surface area contributed by atoms with E-state index >= 15 is 0 Å². The Hall–Kier alpha value is -3.20. The smallest absolute Gasteiger partial charge is 0.269 e. The first-order chi connectivity index (χ1) is 15.6. The highest BCUT2D eigenvalue weighted by molar-refractivity contribution is 6.31. The zero-order valence-electron chi connectivity index (χ0n) is 19.3. The number of H-pyrrole nitrogens is 1. The van der Waals surface area contributed by atoms with E-state index in [9.17, 15) is 9.59 Å². The van der Waals surface area contributed by atoms with Crippen LogP contribution in [0.15, 0.2) is 24.9 Å². The van der Waals surface area contributed by atoms with Gasteiger partial charge in [0.1, 0.15) is 22.6 Å². The first-order valence-electron chi connectivity index (χ1n) is 10.8. The molecule has 2 N–H and O–H groups in total. The topological polar surface area (TPSA) is 109 Å². The molecule has 3 aromatic heterocycles. The summed E-state index contributed by atoms with van der Waals surface area (Å²) in [6.45, 7) is 10.7. The van der Waals surface area contributed by atoms with E-state index < -0.39 is 0 Å². The lowest BCUT2D eigenvalue weighted by molar-refractivity contribution is -0.130. The molecule has 10 heteroatoms. The van der Waals surface area contributed by atoms with Gasteiger partial charge < -0.3 is 14.8 Å². The number of aromatic nitrogens is 5. The van der Waals surface area contributed by atoms with Crippen LogP contribution in [-0.2, 0) is 30.1 Å². The van der Waals surface area contributed by atoms with Gasteiger partial charge in [0.2, 0.25) is 5.91 Å². The summed E-state index contributed by atoms with van der Waals surface area (Å²) < 4.78 is 1.80. The van der Waals surface area contributed by atoms with Gasteiger partial charge in [-0.1, -0.05) is 39.0 Å². The molecule has 0 bridgehead atoms. The van der Waals surface area contributed by atoms with Crippen molar-refractivity contribution >= 4 is 34.4 Å². The van der Waals surface area contributed by atoms with Gasteiger partial charge in [-0.2, -0.15) is 5.10 Å². The van der Waals surface area contributed by atoms with E-state index in [0.29, 0.717) is 36.6 Å². The van der Waals surface area contributed by atoms with Crippen molar-refractivity contribution < 1.29 is 9.59 Å². The first-order valence-corrected chi connectivity index (χ1v) is 11.2. The second-order valence-electron chi connectivity index (χ2n) is 9.38. The number of imidazole rings is 1. The van der Waals surface area contributed by atoms with E-state index in [2.05, 4.69) is 47.8 Å². The standard InChI is InChI=1S/C23H28ClN7O2/c1-6-19(32)31-11-13(12-31)26-22(33)17-10-25-18(30(17)5)8-7-15-20-16(29-28-15)9-14(24)21(27-20)23(2,3)4/h6,9-10,13H,1,7-8,11-12H2,2-5H3,(H,26,33)(H,28,29). The molecule has 1 saturated heterocycles. The van der Waals surface area contributed by atoms with Crippen LogP contribution in [0.1, 0.15) is 48.5 Å². The largest absolute Gasteiger partial charge is 0.344 e. The van der Waals surface area contributed by atoms with Crippen molar-refractivity contribution in [3.05, 3.63) is 52.8 Å². The average molecular weight is 470 g/mol. The van der Waals surface area contributed by atoms with Crippen LogP contribution in [-0.4, -0.2) is 60.6 Å². The Bertz CT molecular complexity index is 1230. The van der Waals surface area contributed by atoms with Crippen LogP contribution in [0.25, 0.3) is 11.0 Å². The number of aromatic amines is 1. The molecule has 4 heterocycles. The zero-order chi connectivity index (χ0) is 23.9. The minimum atomic E-state index is -0.204. The van der Waals surface area contributed by atoms with Crippen molar-refractivity contribution in [2.45, 2.75) is 45.1 Å². The average Bonchev–Trinajstić information content (AvgIpc) is 3.29. The molecular formula is C23H28ClN7O2. The molecule has 1 aliphatic heterocycles. The highest BCUT2D eigenvalue weighted by Gasteiger charge is 2.31. The summed E-state index contributed by atoms with van der Waals surface area (Å²) in [5, 5.41) is 11.0. The van der Waals surface area contributed by atoms with E-state index in [-0.39, 0.29) is 23.3 Å². The van der Waals surface area contributed by atoms with E-state index in [0.717, 1.165) is 28.2 Å². The van der Waals surface area contributed by atoms with E-state index in [1.165, 1.54) is 6.08 Å². The maximum atomic E-state index is 12.7. The molecule has 4 rings (SSSR count). The Morgan fingerprint density at radius 3 is 2.73 bits per heavy atom. The van der Waals surface area contributed by atoms with Crippen LogP contribution in [0.3, 0.4) is 0 Å². The van der Waals surface area contributed by atoms with Gasteiger partial charge in [-0.25, -0.2) is 9.97 Å². The summed E-state index contributed by atoms with van der Waals surface area (Å²) >= 11 is 6.41. The van der Waals surface area contributed by atoms with Gasteiger partial charge in [-0.15, -0.1) is 0 Å². The Balaban J connectivity index is 1.43. The minimum absolute atomic E-state index is 0.0639. The normalized spacial score (nSPS) is 14.4. The van der Waals surface area contributed by atoms with Gasteiger partial charge in [0.25, 0.3) is 5.91 Å². The zero-order valence-corrected chi connectivity index (χ0v) is 20.0. The second-order valence-corrected chi connectivity index (χ2v) is 9.78. The van der Waals surface area contributed by atoms with Gasteiger partial charge in [0, 0.05) is 32.0 Å². The Morgan fingerprint density at radius 2 is 2.06 bits per heavy atom. The number of hydrogen-bond acceptors (Lipinski definition) is 5. The van der Waals surface area contributed by atoms with Gasteiger partial charge in [-0.3, -0.25) is 14.7 Å². The fraction of sp³-hybridized carbons (Fsp3) is 0.435. The third-order valence-corrected chi connectivity index (χ3v) is 6.17. The fourth-order valence-electron chi connectivity index (χ4n) is 3.93. The molecule has 2 amide bonds. The number of pyridine rings is 1. The molecule has 9 nitrogen and oxygen atoms in total. The number of hydrogen-bond donors (Lipinski definition) is 2. The van der Waals surface area contributed by atoms with Gasteiger partial charge in [0.15, 0.2) is 0 Å². The van der Waals surface area contributed by atoms with Gasteiger partial charge in [0.05, 0.1) is 28.6 Å². The van der Waals surface area contributed by atoms with E-state index in [4.69, 9.17) is 16.6 Å². The van der Waals surface area contributed by atoms with Crippen molar-refractivity contribution in [3.63, 3.8) is 0 Å². The summed E-state index contributed by atoms with van der Waals surface area (Å²) in [6, 6.07) is 1.78. The Kier molecular flexibility index (Phi) is 6.00. The molecule has 174 valence electrons. The third-order valence-electron chi connectivity index (χ3n) is 5.88. The van der Waals surface area contributed by atoms with Crippen LogP contribution >= 0.6 is 11.6 Å². The predicted octanol–water partition coefficient (Wildman–Crippen LogP) is 2.55. The number of fused-ring (bicyclic) bond motifs is 1. The van der Waals surface area contributed by atoms with E-state index in [1.54, 1.807) is 15.7 Å². The molecule has 0 spiro atoms. The number of nitrogens with one attached hydrogen (secondary N) is 2. The molecular weight excluding hydrogens is 442 g/mol. The van der Waals surface area contributed by atoms with Crippen molar-refractivity contribution in [2.75, 3.05) is 13.1 Å². The molecule has 0 atom stereocenters. The molecule has 0 unspecified atom stereocenters. The van der Waals surface area contributed by atoms with Crippen molar-refractivity contribution in [1.82, 2.24) is 34.9 Å². The first kappa shape index (κ1) is 23.0. The third kappa shape index (κ3) is 4.50. The Labute approximate surface area is 197 Å². The molecule has 1 aliphatic rings. The number of likely N-dealkylation sites (tertiary alicyclic amines) is 1. The second kappa shape index (κ2) is 8.62. The van der Waals surface area contributed by atoms with Crippen molar-refractivity contribution in [2.24, 2.45) is 7.05 Å². The van der Waals surface area contributed by atoms with Crippen molar-refractivity contribution in [1.29, 1.82) is 0 Å². The summed E-state index contributed by atoms with van der Waals surface area (Å²) in [6.07, 6.45) is 4.11. The lowest BCUT2D eigenvalue weighted by Crippen LogP contribution is -2.60. The minimum Gasteiger partial charge on any atom is -0.344 e. The van der Waals surface area contributed by atoms with Crippen LogP contribution in [0, 0.1) is 0 Å². The highest BCUT2D eigenvalue weighted by atomic mass is 35.5. The van der Waals surface area contributed by atoms with Crippen LogP contribution in [0.2, 0.25) is 5.02 Å². The number of halogens is 1. The lowest BCUT2D eigenvalue weighted by atomic mass is 9.91. The number of aryl methyl sites for hydroxylation is 2. The molecule has 1 fully saturated rings. The molecule has 0 saturated carbocycles. The predicted molar refractivity (Wildman–Crippen MR) is 126 cm³/mol. The van der Waals surface area contributed by atoms with Gasteiger partial charge in [-0.05, 0) is 18.6 Å². The molecule has 0 radical (unpaired) electrons. The number of nitrogens with zero attached hydrogens (tertiary/aromatic N) is 5. The number of amides is 2. The quantitative estimate of drug-likeness (QED) is 0.539. The number of rotatable bonds is 6. The van der Waals surface area contributed by atoms with Crippen LogP contribution in [0.4, 0.5) is 0 Å². The van der Waals surface area contributed by atoms with E-state index in [1.807, 2.05) is 13.1 Å². The summed E-state index contributed by atoms with van der Waals surface area (Å²) in [7, 11) is 1.83. The monoisotopic (exact) mass is 469 g/mol.